The summed E-state index contributed by atoms with van der Waals surface area (Å²) in [6, 6.07) is 14.0. The molecule has 2 aromatic carbocycles. The van der Waals surface area contributed by atoms with E-state index in [1.54, 1.807) is 12.1 Å². The van der Waals surface area contributed by atoms with E-state index in [9.17, 15) is 9.59 Å². The second kappa shape index (κ2) is 9.05. The zero-order valence-electron chi connectivity index (χ0n) is 16.5. The van der Waals surface area contributed by atoms with Crippen molar-refractivity contribution in [3.63, 3.8) is 0 Å². The lowest BCUT2D eigenvalue weighted by Crippen LogP contribution is -2.14. The first-order valence-corrected chi connectivity index (χ1v) is 9.04. The van der Waals surface area contributed by atoms with Crippen molar-refractivity contribution in [1.82, 2.24) is 9.97 Å². The highest BCUT2D eigenvalue weighted by Gasteiger charge is 2.16. The van der Waals surface area contributed by atoms with Gasteiger partial charge >= 0.3 is 0 Å². The van der Waals surface area contributed by atoms with Gasteiger partial charge in [0.15, 0.2) is 17.3 Å². The maximum atomic E-state index is 12.7. The smallest absolute Gasteiger partial charge is 0.251 e. The van der Waals surface area contributed by atoms with Crippen LogP contribution in [0.2, 0.25) is 0 Å². The van der Waals surface area contributed by atoms with Gasteiger partial charge in [-0.05, 0) is 24.1 Å². The summed E-state index contributed by atoms with van der Waals surface area (Å²) in [7, 11) is 4.61. The molecular weight excluding hydrogens is 372 g/mol. The molecule has 0 aliphatic carbocycles. The number of Topliss-reactive ketones (excluding diaryl/α,β-unsaturated/α-hetero) is 1. The predicted molar refractivity (Wildman–Crippen MR) is 109 cm³/mol. The largest absolute Gasteiger partial charge is 0.493 e. The SMILES string of the molecule is COc1cc(CCC(=O)c2cc(=O)[nH]c(-c3ccccc3)n2)cc(OC)c1OC. The van der Waals surface area contributed by atoms with Gasteiger partial charge in [0.2, 0.25) is 5.75 Å². The second-order valence-corrected chi connectivity index (χ2v) is 6.30. The van der Waals surface area contributed by atoms with Crippen LogP contribution < -0.4 is 19.8 Å². The van der Waals surface area contributed by atoms with Gasteiger partial charge in [0.05, 0.1) is 21.3 Å². The van der Waals surface area contributed by atoms with Gasteiger partial charge in [0.1, 0.15) is 11.5 Å². The summed E-state index contributed by atoms with van der Waals surface area (Å²) in [5.74, 6) is 1.69. The fraction of sp³-hybridized carbons (Fsp3) is 0.227. The van der Waals surface area contributed by atoms with Crippen molar-refractivity contribution < 1.29 is 19.0 Å². The number of ether oxygens (including phenoxy) is 3. The fourth-order valence-corrected chi connectivity index (χ4v) is 3.00. The average Bonchev–Trinajstić information content (AvgIpc) is 2.76. The highest BCUT2D eigenvalue weighted by Crippen LogP contribution is 2.38. The number of ketones is 1. The van der Waals surface area contributed by atoms with E-state index < -0.39 is 0 Å². The first kappa shape index (κ1) is 20.1. The molecule has 150 valence electrons. The van der Waals surface area contributed by atoms with Gasteiger partial charge in [-0.3, -0.25) is 9.59 Å². The van der Waals surface area contributed by atoms with E-state index in [0.29, 0.717) is 29.5 Å². The number of methoxy groups -OCH3 is 3. The number of nitrogens with zero attached hydrogens (tertiary/aromatic N) is 1. The predicted octanol–water partition coefficient (Wildman–Crippen LogP) is 3.28. The van der Waals surface area contributed by atoms with Crippen LogP contribution in [0.1, 0.15) is 22.5 Å². The maximum Gasteiger partial charge on any atom is 0.251 e. The van der Waals surface area contributed by atoms with E-state index in [0.717, 1.165) is 11.1 Å². The number of carbonyl (C=O) groups excluding carboxylic acids is 1. The zero-order chi connectivity index (χ0) is 20.8. The summed E-state index contributed by atoms with van der Waals surface area (Å²) in [6.07, 6.45) is 0.619. The molecule has 0 bridgehead atoms. The Balaban J connectivity index is 1.81. The minimum atomic E-state index is -0.366. The van der Waals surface area contributed by atoms with Gasteiger partial charge < -0.3 is 19.2 Å². The minimum Gasteiger partial charge on any atom is -0.493 e. The van der Waals surface area contributed by atoms with Crippen LogP contribution in [0.4, 0.5) is 0 Å². The number of hydrogen-bond acceptors (Lipinski definition) is 6. The van der Waals surface area contributed by atoms with Crippen LogP contribution in [-0.2, 0) is 6.42 Å². The molecule has 0 saturated heterocycles. The fourth-order valence-electron chi connectivity index (χ4n) is 3.00. The van der Waals surface area contributed by atoms with Crippen molar-refractivity contribution in [2.24, 2.45) is 0 Å². The lowest BCUT2D eigenvalue weighted by atomic mass is 10.0. The van der Waals surface area contributed by atoms with Gasteiger partial charge in [0.25, 0.3) is 5.56 Å². The molecule has 1 heterocycles. The summed E-state index contributed by atoms with van der Waals surface area (Å²) in [5, 5.41) is 0. The maximum absolute atomic E-state index is 12.7. The minimum absolute atomic E-state index is 0.139. The first-order valence-electron chi connectivity index (χ1n) is 9.04. The Labute approximate surface area is 168 Å². The van der Waals surface area contributed by atoms with E-state index in [2.05, 4.69) is 9.97 Å². The van der Waals surface area contributed by atoms with Crippen molar-refractivity contribution in [1.29, 1.82) is 0 Å². The highest BCUT2D eigenvalue weighted by molar-refractivity contribution is 5.94. The molecule has 0 amide bonds. The third-order valence-electron chi connectivity index (χ3n) is 4.44. The topological polar surface area (TPSA) is 90.5 Å². The number of hydrogen-bond donors (Lipinski definition) is 1. The van der Waals surface area contributed by atoms with Crippen molar-refractivity contribution in [2.75, 3.05) is 21.3 Å². The number of rotatable bonds is 8. The molecule has 0 spiro atoms. The number of carbonyl (C=O) groups is 1. The Morgan fingerprint density at radius 1 is 0.966 bits per heavy atom. The average molecular weight is 394 g/mol. The third-order valence-corrected chi connectivity index (χ3v) is 4.44. The number of aromatic nitrogens is 2. The molecular formula is C22H22N2O5. The van der Waals surface area contributed by atoms with Crippen molar-refractivity contribution in [3.8, 4) is 28.6 Å². The molecule has 1 N–H and O–H groups in total. The van der Waals surface area contributed by atoms with Crippen LogP contribution in [0.25, 0.3) is 11.4 Å². The second-order valence-electron chi connectivity index (χ2n) is 6.30. The Hall–Kier alpha value is -3.61. The van der Waals surface area contributed by atoms with Gasteiger partial charge in [-0.2, -0.15) is 0 Å². The molecule has 1 aromatic heterocycles. The molecule has 0 unspecified atom stereocenters. The Kier molecular flexibility index (Phi) is 6.29. The Morgan fingerprint density at radius 3 is 2.21 bits per heavy atom. The monoisotopic (exact) mass is 394 g/mol. The number of nitrogens with one attached hydrogen (secondary N) is 1. The molecule has 0 aliphatic rings. The molecule has 0 fully saturated rings. The molecule has 0 radical (unpaired) electrons. The molecule has 3 rings (SSSR count). The quantitative estimate of drug-likeness (QED) is 0.590. The van der Waals surface area contributed by atoms with Crippen LogP contribution in [0.3, 0.4) is 0 Å². The van der Waals surface area contributed by atoms with Crippen molar-refractivity contribution in [2.45, 2.75) is 12.8 Å². The number of aryl methyl sites for hydroxylation is 1. The van der Waals surface area contributed by atoms with Crippen LogP contribution in [-0.4, -0.2) is 37.1 Å². The highest BCUT2D eigenvalue weighted by atomic mass is 16.5. The van der Waals surface area contributed by atoms with Crippen LogP contribution in [0.5, 0.6) is 17.2 Å². The normalized spacial score (nSPS) is 10.4. The summed E-state index contributed by atoms with van der Waals surface area (Å²) in [5.41, 5.74) is 1.36. The van der Waals surface area contributed by atoms with Crippen molar-refractivity contribution >= 4 is 5.78 Å². The summed E-state index contributed by atoms with van der Waals surface area (Å²) >= 11 is 0. The summed E-state index contributed by atoms with van der Waals surface area (Å²) in [6.45, 7) is 0. The van der Waals surface area contributed by atoms with E-state index in [-0.39, 0.29) is 23.5 Å². The Bertz CT molecular complexity index is 1040. The molecule has 3 aromatic rings. The van der Waals surface area contributed by atoms with Gasteiger partial charge in [-0.15, -0.1) is 0 Å². The summed E-state index contributed by atoms with van der Waals surface area (Å²) < 4.78 is 16.0. The standard InChI is InChI=1S/C22H22N2O5/c1-27-18-11-14(12-19(28-2)21(18)29-3)9-10-17(25)16-13-20(26)24-22(23-16)15-7-5-4-6-8-15/h4-8,11-13H,9-10H2,1-3H3,(H,23,24,26). The molecule has 7 nitrogen and oxygen atoms in total. The molecule has 0 aliphatic heterocycles. The summed E-state index contributed by atoms with van der Waals surface area (Å²) in [4.78, 5) is 31.7. The van der Waals surface area contributed by atoms with Crippen molar-refractivity contribution in [3.05, 3.63) is 70.1 Å². The van der Waals surface area contributed by atoms with E-state index in [4.69, 9.17) is 14.2 Å². The van der Waals surface area contributed by atoms with Crippen LogP contribution in [0.15, 0.2) is 53.3 Å². The van der Waals surface area contributed by atoms with Crippen LogP contribution >= 0.6 is 0 Å². The molecule has 7 heteroatoms. The molecule has 0 saturated carbocycles. The van der Waals surface area contributed by atoms with Gasteiger partial charge in [0, 0.05) is 18.1 Å². The molecule has 0 atom stereocenters. The lowest BCUT2D eigenvalue weighted by molar-refractivity contribution is 0.0977. The van der Waals surface area contributed by atoms with Gasteiger partial charge in [-0.1, -0.05) is 30.3 Å². The number of H-pyrrole nitrogens is 1. The van der Waals surface area contributed by atoms with E-state index in [1.807, 2.05) is 30.3 Å². The Morgan fingerprint density at radius 2 is 1.62 bits per heavy atom. The number of aromatic amines is 1. The van der Waals surface area contributed by atoms with E-state index in [1.165, 1.54) is 27.4 Å². The van der Waals surface area contributed by atoms with Gasteiger partial charge in [-0.25, -0.2) is 4.98 Å². The lowest BCUT2D eigenvalue weighted by Gasteiger charge is -2.14. The zero-order valence-corrected chi connectivity index (χ0v) is 16.5. The first-order chi connectivity index (χ1) is 14.0. The number of benzene rings is 2. The van der Waals surface area contributed by atoms with E-state index >= 15 is 0 Å². The third kappa shape index (κ3) is 4.63. The molecule has 29 heavy (non-hydrogen) atoms. The van der Waals surface area contributed by atoms with Crippen LogP contribution in [0, 0.1) is 0 Å².